The van der Waals surface area contributed by atoms with Crippen LogP contribution in [0.1, 0.15) is 30.1 Å². The summed E-state index contributed by atoms with van der Waals surface area (Å²) in [4.78, 5) is 26.0. The minimum atomic E-state index is -0.359. The van der Waals surface area contributed by atoms with Crippen molar-refractivity contribution in [2.24, 2.45) is 11.7 Å². The molecule has 0 aromatic heterocycles. The maximum Gasteiger partial charge on any atom is 0.258 e. The van der Waals surface area contributed by atoms with Crippen LogP contribution in [0.2, 0.25) is 0 Å². The number of carbonyl (C=O) groups is 2. The van der Waals surface area contributed by atoms with Crippen LogP contribution in [0, 0.1) is 5.92 Å². The number of hydrogen-bond donors (Lipinski definition) is 1. The number of carbonyl (C=O) groups excluding carboxylic acids is 2. The Hall–Kier alpha value is -2.24. The SMILES string of the molecule is COc1cccc(C(=O)N2CC(C(N)=O)CCC2C)c1OC. The molecule has 1 aromatic carbocycles. The lowest BCUT2D eigenvalue weighted by molar-refractivity contribution is -0.123. The minimum absolute atomic E-state index is 0.0546. The predicted octanol–water partition coefficient (Wildman–Crippen LogP) is 1.43. The van der Waals surface area contributed by atoms with E-state index in [4.69, 9.17) is 15.2 Å². The van der Waals surface area contributed by atoms with Crippen LogP contribution in [-0.4, -0.2) is 43.5 Å². The maximum atomic E-state index is 12.9. The molecular weight excluding hydrogens is 284 g/mol. The van der Waals surface area contributed by atoms with Crippen LogP contribution in [0.5, 0.6) is 11.5 Å². The molecule has 0 bridgehead atoms. The Kier molecular flexibility index (Phi) is 4.90. The summed E-state index contributed by atoms with van der Waals surface area (Å²) in [5.74, 6) is 0.0844. The lowest BCUT2D eigenvalue weighted by Crippen LogP contribution is -2.48. The highest BCUT2D eigenvalue weighted by Gasteiger charge is 2.33. The fourth-order valence-corrected chi connectivity index (χ4v) is 2.83. The summed E-state index contributed by atoms with van der Waals surface area (Å²) >= 11 is 0. The molecular formula is C16H22N2O4. The van der Waals surface area contributed by atoms with E-state index in [1.165, 1.54) is 14.2 Å². The molecule has 120 valence electrons. The van der Waals surface area contributed by atoms with Gasteiger partial charge in [0.15, 0.2) is 11.5 Å². The van der Waals surface area contributed by atoms with Gasteiger partial charge < -0.3 is 20.1 Å². The number of benzene rings is 1. The Morgan fingerprint density at radius 2 is 1.95 bits per heavy atom. The van der Waals surface area contributed by atoms with Gasteiger partial charge in [0, 0.05) is 12.6 Å². The molecule has 0 spiro atoms. The van der Waals surface area contributed by atoms with Gasteiger partial charge in [-0.15, -0.1) is 0 Å². The third-order valence-corrected chi connectivity index (χ3v) is 4.18. The maximum absolute atomic E-state index is 12.9. The van der Waals surface area contributed by atoms with Gasteiger partial charge in [-0.05, 0) is 31.9 Å². The molecule has 0 radical (unpaired) electrons. The van der Waals surface area contributed by atoms with Gasteiger partial charge in [-0.1, -0.05) is 6.07 Å². The van der Waals surface area contributed by atoms with Crippen molar-refractivity contribution in [1.82, 2.24) is 4.90 Å². The van der Waals surface area contributed by atoms with E-state index in [-0.39, 0.29) is 23.8 Å². The normalized spacial score (nSPS) is 21.3. The second kappa shape index (κ2) is 6.68. The largest absolute Gasteiger partial charge is 0.493 e. The Labute approximate surface area is 130 Å². The van der Waals surface area contributed by atoms with E-state index in [1.54, 1.807) is 23.1 Å². The van der Waals surface area contributed by atoms with Crippen LogP contribution >= 0.6 is 0 Å². The second-order valence-corrected chi connectivity index (χ2v) is 5.52. The van der Waals surface area contributed by atoms with Gasteiger partial charge in [0.2, 0.25) is 5.91 Å². The fourth-order valence-electron chi connectivity index (χ4n) is 2.83. The van der Waals surface area contributed by atoms with Crippen LogP contribution in [0.25, 0.3) is 0 Å². The topological polar surface area (TPSA) is 81.9 Å². The third kappa shape index (κ3) is 3.00. The van der Waals surface area contributed by atoms with Gasteiger partial charge in [0.25, 0.3) is 5.91 Å². The summed E-state index contributed by atoms with van der Waals surface area (Å²) in [5.41, 5.74) is 5.82. The zero-order chi connectivity index (χ0) is 16.3. The molecule has 2 N–H and O–H groups in total. The first-order chi connectivity index (χ1) is 10.5. The van der Waals surface area contributed by atoms with Crippen molar-refractivity contribution in [3.05, 3.63) is 23.8 Å². The lowest BCUT2D eigenvalue weighted by atomic mass is 9.92. The van der Waals surface area contributed by atoms with Crippen LogP contribution in [0.4, 0.5) is 0 Å². The number of para-hydroxylation sites is 1. The minimum Gasteiger partial charge on any atom is -0.493 e. The number of nitrogens with two attached hydrogens (primary N) is 1. The zero-order valence-electron chi connectivity index (χ0n) is 13.2. The van der Waals surface area contributed by atoms with E-state index in [0.29, 0.717) is 23.6 Å². The number of hydrogen-bond acceptors (Lipinski definition) is 4. The van der Waals surface area contributed by atoms with Gasteiger partial charge in [0.1, 0.15) is 0 Å². The molecule has 1 saturated heterocycles. The first-order valence-corrected chi connectivity index (χ1v) is 7.30. The quantitative estimate of drug-likeness (QED) is 0.912. The molecule has 2 amide bonds. The fraction of sp³-hybridized carbons (Fsp3) is 0.500. The van der Waals surface area contributed by atoms with E-state index < -0.39 is 0 Å². The molecule has 1 aliphatic rings. The van der Waals surface area contributed by atoms with E-state index in [1.807, 2.05) is 6.92 Å². The Morgan fingerprint density at radius 3 is 2.55 bits per heavy atom. The van der Waals surface area contributed by atoms with Crippen LogP contribution < -0.4 is 15.2 Å². The smallest absolute Gasteiger partial charge is 0.258 e. The highest BCUT2D eigenvalue weighted by atomic mass is 16.5. The summed E-state index contributed by atoms with van der Waals surface area (Å²) < 4.78 is 10.6. The molecule has 2 unspecified atom stereocenters. The average molecular weight is 306 g/mol. The molecule has 22 heavy (non-hydrogen) atoms. The number of methoxy groups -OCH3 is 2. The number of amides is 2. The van der Waals surface area contributed by atoms with Gasteiger partial charge in [0.05, 0.1) is 25.7 Å². The Balaban J connectivity index is 2.32. The van der Waals surface area contributed by atoms with Crippen molar-refractivity contribution in [2.45, 2.75) is 25.8 Å². The number of piperidine rings is 1. The first-order valence-electron chi connectivity index (χ1n) is 7.30. The summed E-state index contributed by atoms with van der Waals surface area (Å²) in [6, 6.07) is 5.24. The lowest BCUT2D eigenvalue weighted by Gasteiger charge is -2.37. The van der Waals surface area contributed by atoms with Crippen LogP contribution in [0.15, 0.2) is 18.2 Å². The van der Waals surface area contributed by atoms with Crippen molar-refractivity contribution in [2.75, 3.05) is 20.8 Å². The molecule has 2 rings (SSSR count). The van der Waals surface area contributed by atoms with Gasteiger partial charge in [-0.2, -0.15) is 0 Å². The van der Waals surface area contributed by atoms with E-state index in [2.05, 4.69) is 0 Å². The highest BCUT2D eigenvalue weighted by molar-refractivity contribution is 5.98. The average Bonchev–Trinajstić information content (AvgIpc) is 2.53. The highest BCUT2D eigenvalue weighted by Crippen LogP contribution is 2.33. The molecule has 6 nitrogen and oxygen atoms in total. The molecule has 6 heteroatoms. The summed E-state index contributed by atoms with van der Waals surface area (Å²) in [6.45, 7) is 2.32. The van der Waals surface area contributed by atoms with E-state index in [9.17, 15) is 9.59 Å². The standard InChI is InChI=1S/C16H22N2O4/c1-10-7-8-11(15(17)19)9-18(10)16(20)12-5-4-6-13(21-2)14(12)22-3/h4-6,10-11H,7-9H2,1-3H3,(H2,17,19). The number of primary amides is 1. The molecule has 2 atom stereocenters. The number of likely N-dealkylation sites (tertiary alicyclic amines) is 1. The van der Waals surface area contributed by atoms with Gasteiger partial charge in [-0.25, -0.2) is 0 Å². The Bertz CT molecular complexity index is 573. The Morgan fingerprint density at radius 1 is 1.23 bits per heavy atom. The van der Waals surface area contributed by atoms with Crippen LogP contribution in [-0.2, 0) is 4.79 Å². The molecule has 1 heterocycles. The van der Waals surface area contributed by atoms with Gasteiger partial charge >= 0.3 is 0 Å². The van der Waals surface area contributed by atoms with E-state index >= 15 is 0 Å². The number of ether oxygens (including phenoxy) is 2. The number of nitrogens with zero attached hydrogens (tertiary/aromatic N) is 1. The van der Waals surface area contributed by atoms with Gasteiger partial charge in [-0.3, -0.25) is 9.59 Å². The van der Waals surface area contributed by atoms with Crippen molar-refractivity contribution < 1.29 is 19.1 Å². The third-order valence-electron chi connectivity index (χ3n) is 4.18. The zero-order valence-corrected chi connectivity index (χ0v) is 13.2. The first kappa shape index (κ1) is 16.1. The van der Waals surface area contributed by atoms with Crippen LogP contribution in [0.3, 0.4) is 0 Å². The second-order valence-electron chi connectivity index (χ2n) is 5.52. The van der Waals surface area contributed by atoms with E-state index in [0.717, 1.165) is 12.8 Å². The molecule has 0 saturated carbocycles. The monoisotopic (exact) mass is 306 g/mol. The van der Waals surface area contributed by atoms with Crippen molar-refractivity contribution in [1.29, 1.82) is 0 Å². The number of rotatable bonds is 4. The molecule has 1 aromatic rings. The summed E-state index contributed by atoms with van der Waals surface area (Å²) in [6.07, 6.45) is 1.47. The molecule has 1 aliphatic heterocycles. The molecule has 1 fully saturated rings. The van der Waals surface area contributed by atoms with Crippen molar-refractivity contribution in [3.8, 4) is 11.5 Å². The molecule has 0 aliphatic carbocycles. The van der Waals surface area contributed by atoms with Crippen molar-refractivity contribution in [3.63, 3.8) is 0 Å². The summed E-state index contributed by atoms with van der Waals surface area (Å²) in [5, 5.41) is 0. The summed E-state index contributed by atoms with van der Waals surface area (Å²) in [7, 11) is 3.03. The predicted molar refractivity (Wildman–Crippen MR) is 82.0 cm³/mol. The van der Waals surface area contributed by atoms with Crippen molar-refractivity contribution >= 4 is 11.8 Å².